The molecule has 2 heterocycles. The molecule has 0 bridgehead atoms. The number of rotatable bonds is 2. The predicted octanol–water partition coefficient (Wildman–Crippen LogP) is 1.09. The minimum absolute atomic E-state index is 0.106. The third-order valence-corrected chi connectivity index (χ3v) is 2.90. The van der Waals surface area contributed by atoms with Crippen LogP contribution in [0.1, 0.15) is 30.1 Å². The molecule has 92 valence electrons. The molecule has 1 aliphatic rings. The zero-order valence-corrected chi connectivity index (χ0v) is 9.77. The first-order valence-corrected chi connectivity index (χ1v) is 5.64. The Kier molecular flexibility index (Phi) is 3.28. The number of aromatic hydroxyl groups is 1. The second-order valence-electron chi connectivity index (χ2n) is 4.56. The van der Waals surface area contributed by atoms with Crippen LogP contribution in [0, 0.1) is 0 Å². The van der Waals surface area contributed by atoms with E-state index >= 15 is 0 Å². The zero-order chi connectivity index (χ0) is 12.3. The van der Waals surface area contributed by atoms with Crippen LogP contribution in [-0.2, 0) is 4.74 Å². The van der Waals surface area contributed by atoms with Crippen molar-refractivity contribution in [2.24, 2.45) is 0 Å². The van der Waals surface area contributed by atoms with Gasteiger partial charge in [-0.1, -0.05) is 0 Å². The molecular formula is C12H16N2O3. The van der Waals surface area contributed by atoms with Gasteiger partial charge < -0.3 is 15.2 Å². The quantitative estimate of drug-likeness (QED) is 0.806. The van der Waals surface area contributed by atoms with E-state index in [2.05, 4.69) is 10.3 Å². The molecule has 1 aromatic rings. The number of carbonyl (C=O) groups is 1. The summed E-state index contributed by atoms with van der Waals surface area (Å²) < 4.78 is 5.36. The lowest BCUT2D eigenvalue weighted by Gasteiger charge is -2.34. The fourth-order valence-corrected chi connectivity index (χ4v) is 1.95. The highest BCUT2D eigenvalue weighted by molar-refractivity contribution is 5.97. The van der Waals surface area contributed by atoms with E-state index in [9.17, 15) is 9.90 Å². The molecule has 17 heavy (non-hydrogen) atoms. The molecule has 0 saturated carbocycles. The summed E-state index contributed by atoms with van der Waals surface area (Å²) in [6.45, 7) is 3.19. The average molecular weight is 236 g/mol. The van der Waals surface area contributed by atoms with Crippen LogP contribution in [0.15, 0.2) is 18.5 Å². The molecule has 0 aliphatic carbocycles. The number of nitrogens with zero attached hydrogens (tertiary/aromatic N) is 1. The zero-order valence-electron chi connectivity index (χ0n) is 9.77. The maximum absolute atomic E-state index is 12.0. The van der Waals surface area contributed by atoms with Gasteiger partial charge in [-0.2, -0.15) is 0 Å². The summed E-state index contributed by atoms with van der Waals surface area (Å²) in [5.74, 6) is -0.400. The molecule has 5 heteroatoms. The van der Waals surface area contributed by atoms with E-state index in [-0.39, 0.29) is 22.8 Å². The summed E-state index contributed by atoms with van der Waals surface area (Å²) in [7, 11) is 0. The molecular weight excluding hydrogens is 220 g/mol. The second-order valence-corrected chi connectivity index (χ2v) is 4.56. The Morgan fingerprint density at radius 3 is 3.12 bits per heavy atom. The maximum atomic E-state index is 12.0. The van der Waals surface area contributed by atoms with Crippen molar-refractivity contribution >= 4 is 5.91 Å². The summed E-state index contributed by atoms with van der Waals surface area (Å²) in [6.07, 6.45) is 4.55. The van der Waals surface area contributed by atoms with Crippen LogP contribution in [0.5, 0.6) is 5.75 Å². The lowest BCUT2D eigenvalue weighted by molar-refractivity contribution is 0.0272. The second kappa shape index (κ2) is 4.71. The predicted molar refractivity (Wildman–Crippen MR) is 61.8 cm³/mol. The number of pyridine rings is 1. The van der Waals surface area contributed by atoms with Crippen molar-refractivity contribution in [1.29, 1.82) is 0 Å². The highest BCUT2D eigenvalue weighted by Crippen LogP contribution is 2.20. The van der Waals surface area contributed by atoms with Crippen LogP contribution in [0.4, 0.5) is 0 Å². The largest absolute Gasteiger partial charge is 0.505 e. The number of aromatic nitrogens is 1. The van der Waals surface area contributed by atoms with Crippen molar-refractivity contribution in [3.05, 3.63) is 24.0 Å². The summed E-state index contributed by atoms with van der Waals surface area (Å²) in [6, 6.07) is 1.50. The third kappa shape index (κ3) is 2.74. The van der Waals surface area contributed by atoms with Crippen molar-refractivity contribution in [1.82, 2.24) is 10.3 Å². The van der Waals surface area contributed by atoms with Crippen molar-refractivity contribution in [2.45, 2.75) is 25.3 Å². The Morgan fingerprint density at radius 1 is 1.65 bits per heavy atom. The topological polar surface area (TPSA) is 71.5 Å². The Morgan fingerprint density at radius 2 is 2.47 bits per heavy atom. The molecule has 2 N–H and O–H groups in total. The minimum atomic E-state index is -0.356. The van der Waals surface area contributed by atoms with Gasteiger partial charge in [0, 0.05) is 12.8 Å². The fraction of sp³-hybridized carbons (Fsp3) is 0.500. The minimum Gasteiger partial charge on any atom is -0.505 e. The molecule has 0 radical (unpaired) electrons. The van der Waals surface area contributed by atoms with Gasteiger partial charge in [-0.05, 0) is 25.8 Å². The van der Waals surface area contributed by atoms with Crippen molar-refractivity contribution in [3.63, 3.8) is 0 Å². The molecule has 1 aliphatic heterocycles. The average Bonchev–Trinajstić information content (AvgIpc) is 2.29. The standard InChI is InChI=1S/C12H16N2O3/c1-12(4-2-6-17-8-12)14-11(16)9-3-5-13-7-10(9)15/h3,5,7,15H,2,4,6,8H2,1H3,(H,14,16). The van der Waals surface area contributed by atoms with E-state index in [0.29, 0.717) is 6.61 Å². The first-order valence-electron chi connectivity index (χ1n) is 5.64. The smallest absolute Gasteiger partial charge is 0.255 e. The number of hydrogen-bond donors (Lipinski definition) is 2. The molecule has 1 aromatic heterocycles. The molecule has 1 atom stereocenters. The van der Waals surface area contributed by atoms with E-state index in [1.54, 1.807) is 0 Å². The molecule has 5 nitrogen and oxygen atoms in total. The number of ether oxygens (including phenoxy) is 1. The number of hydrogen-bond acceptors (Lipinski definition) is 4. The molecule has 0 spiro atoms. The van der Waals surface area contributed by atoms with Crippen molar-refractivity contribution in [3.8, 4) is 5.75 Å². The Hall–Kier alpha value is -1.62. The van der Waals surface area contributed by atoms with Gasteiger partial charge in [-0.25, -0.2) is 0 Å². The summed E-state index contributed by atoms with van der Waals surface area (Å²) in [5, 5.41) is 12.4. The number of amides is 1. The van der Waals surface area contributed by atoms with Gasteiger partial charge >= 0.3 is 0 Å². The van der Waals surface area contributed by atoms with Crippen LogP contribution in [0.3, 0.4) is 0 Å². The fourth-order valence-electron chi connectivity index (χ4n) is 1.95. The molecule has 1 fully saturated rings. The lowest BCUT2D eigenvalue weighted by Crippen LogP contribution is -2.51. The van der Waals surface area contributed by atoms with Gasteiger partial charge in [0.25, 0.3) is 5.91 Å². The summed E-state index contributed by atoms with van der Waals surface area (Å²) in [5.41, 5.74) is -0.114. The highest BCUT2D eigenvalue weighted by Gasteiger charge is 2.30. The molecule has 0 aromatic carbocycles. The van der Waals surface area contributed by atoms with Gasteiger partial charge in [0.05, 0.1) is 23.9 Å². The highest BCUT2D eigenvalue weighted by atomic mass is 16.5. The normalized spacial score (nSPS) is 24.3. The van der Waals surface area contributed by atoms with E-state index < -0.39 is 0 Å². The monoisotopic (exact) mass is 236 g/mol. The van der Waals surface area contributed by atoms with Gasteiger partial charge in [-0.3, -0.25) is 9.78 Å². The Bertz CT molecular complexity index is 414. The first-order chi connectivity index (χ1) is 8.11. The molecule has 1 amide bonds. The van der Waals surface area contributed by atoms with Crippen molar-refractivity contribution < 1.29 is 14.6 Å². The van der Waals surface area contributed by atoms with Crippen molar-refractivity contribution in [2.75, 3.05) is 13.2 Å². The number of carbonyl (C=O) groups excluding carboxylic acids is 1. The van der Waals surface area contributed by atoms with E-state index in [4.69, 9.17) is 4.74 Å². The van der Waals surface area contributed by atoms with E-state index in [1.165, 1.54) is 18.5 Å². The molecule has 1 saturated heterocycles. The third-order valence-electron chi connectivity index (χ3n) is 2.90. The van der Waals surface area contributed by atoms with Gasteiger partial charge in [-0.15, -0.1) is 0 Å². The van der Waals surface area contributed by atoms with Crippen LogP contribution in [0.2, 0.25) is 0 Å². The van der Waals surface area contributed by atoms with Crippen LogP contribution >= 0.6 is 0 Å². The Balaban J connectivity index is 2.09. The van der Waals surface area contributed by atoms with E-state index in [1.807, 2.05) is 6.92 Å². The number of nitrogens with one attached hydrogen (secondary N) is 1. The van der Waals surface area contributed by atoms with E-state index in [0.717, 1.165) is 19.4 Å². The van der Waals surface area contributed by atoms with Gasteiger partial charge in [0.1, 0.15) is 5.75 Å². The molecule has 2 rings (SSSR count). The van der Waals surface area contributed by atoms with Crippen LogP contribution in [-0.4, -0.2) is 34.8 Å². The van der Waals surface area contributed by atoms with Crippen LogP contribution < -0.4 is 5.32 Å². The first kappa shape index (κ1) is 11.9. The molecule has 1 unspecified atom stereocenters. The lowest BCUT2D eigenvalue weighted by atomic mass is 9.94. The van der Waals surface area contributed by atoms with Crippen LogP contribution in [0.25, 0.3) is 0 Å². The summed E-state index contributed by atoms with van der Waals surface area (Å²) in [4.78, 5) is 15.7. The van der Waals surface area contributed by atoms with Gasteiger partial charge in [0.2, 0.25) is 0 Å². The summed E-state index contributed by atoms with van der Waals surface area (Å²) >= 11 is 0. The van der Waals surface area contributed by atoms with Gasteiger partial charge in [0.15, 0.2) is 0 Å². The Labute approximate surface area is 99.8 Å². The SMILES string of the molecule is CC1(NC(=O)c2ccncc2O)CCCOC1. The maximum Gasteiger partial charge on any atom is 0.255 e.